The molecule has 4 aromatic rings. The van der Waals surface area contributed by atoms with Crippen molar-refractivity contribution in [3.05, 3.63) is 78.0 Å². The minimum atomic E-state index is -4.81. The molecule has 3 aliphatic heterocycles. The first kappa shape index (κ1) is 45.0. The minimum Gasteiger partial charge on any atom is -0.389 e. The zero-order valence-corrected chi connectivity index (χ0v) is 35.7. The topological polar surface area (TPSA) is 169 Å². The molecule has 3 fully saturated rings. The molecule has 15 nitrogen and oxygen atoms in total. The largest absolute Gasteiger partial charge is 0.419 e. The van der Waals surface area contributed by atoms with Crippen molar-refractivity contribution in [2.45, 2.75) is 68.7 Å². The predicted octanol–water partition coefficient (Wildman–Crippen LogP) is 4.69. The SMILES string of the molecule is CN(CCN1CCC(CN2CCN(c3ccc(C4CCC(=O)NC4=O)cc3)CC2)CC1)S(=O)(=O)c1ccc(Nc2ncc(C(F)(F)F)c(-c3cnn(CC(C)(C)O)c3)n2)c(F)c1. The number of benzene rings is 2. The predicted molar refractivity (Wildman–Crippen MR) is 223 cm³/mol. The summed E-state index contributed by atoms with van der Waals surface area (Å²) in [5.41, 5.74) is -1.02. The van der Waals surface area contributed by atoms with Crippen molar-refractivity contribution in [3.8, 4) is 11.3 Å². The van der Waals surface area contributed by atoms with Crippen LogP contribution in [0.1, 0.15) is 56.6 Å². The van der Waals surface area contributed by atoms with Crippen molar-refractivity contribution in [1.82, 2.24) is 39.2 Å². The van der Waals surface area contributed by atoms with Gasteiger partial charge in [-0.3, -0.25) is 24.5 Å². The Morgan fingerprint density at radius 3 is 2.31 bits per heavy atom. The highest BCUT2D eigenvalue weighted by Gasteiger charge is 2.36. The highest BCUT2D eigenvalue weighted by Crippen LogP contribution is 2.37. The van der Waals surface area contributed by atoms with E-state index in [-0.39, 0.29) is 52.9 Å². The summed E-state index contributed by atoms with van der Waals surface area (Å²) in [7, 11) is -2.63. The Labute approximate surface area is 358 Å². The van der Waals surface area contributed by atoms with Gasteiger partial charge in [0.1, 0.15) is 11.4 Å². The van der Waals surface area contributed by atoms with Crippen molar-refractivity contribution < 1.29 is 40.7 Å². The van der Waals surface area contributed by atoms with Gasteiger partial charge in [0.05, 0.1) is 40.5 Å². The number of nitrogens with one attached hydrogen (secondary N) is 2. The van der Waals surface area contributed by atoms with E-state index < -0.39 is 38.9 Å². The van der Waals surface area contributed by atoms with Gasteiger partial charge >= 0.3 is 6.18 Å². The summed E-state index contributed by atoms with van der Waals surface area (Å²) in [5, 5.41) is 19.1. The average molecular weight is 885 g/mol. The van der Waals surface area contributed by atoms with Gasteiger partial charge in [0, 0.05) is 82.9 Å². The fourth-order valence-corrected chi connectivity index (χ4v) is 9.35. The second-order valence-electron chi connectivity index (χ2n) is 17.0. The van der Waals surface area contributed by atoms with Crippen LogP contribution in [0, 0.1) is 11.7 Å². The number of imide groups is 1. The lowest BCUT2D eigenvalue weighted by molar-refractivity contribution is -0.137. The molecule has 0 aliphatic carbocycles. The molecular formula is C42H52F4N10O5S. The molecule has 0 bridgehead atoms. The Hall–Kier alpha value is -5.02. The highest BCUT2D eigenvalue weighted by atomic mass is 32.2. The summed E-state index contributed by atoms with van der Waals surface area (Å²) in [6.45, 7) is 10.1. The van der Waals surface area contributed by atoms with Crippen LogP contribution in [0.15, 0.2) is 66.0 Å². The molecule has 3 aliphatic rings. The van der Waals surface area contributed by atoms with E-state index in [0.717, 1.165) is 76.0 Å². The number of alkyl halides is 3. The van der Waals surface area contributed by atoms with Crippen molar-refractivity contribution in [2.75, 3.05) is 76.2 Å². The van der Waals surface area contributed by atoms with Crippen LogP contribution in [-0.2, 0) is 32.3 Å². The summed E-state index contributed by atoms with van der Waals surface area (Å²) in [6, 6.07) is 11.3. The van der Waals surface area contributed by atoms with Crippen molar-refractivity contribution >= 4 is 39.2 Å². The third-order valence-electron chi connectivity index (χ3n) is 11.7. The summed E-state index contributed by atoms with van der Waals surface area (Å²) < 4.78 is 86.6. The number of hydrogen-bond donors (Lipinski definition) is 3. The molecule has 20 heteroatoms. The van der Waals surface area contributed by atoms with Crippen LogP contribution in [0.25, 0.3) is 11.3 Å². The summed E-state index contributed by atoms with van der Waals surface area (Å²) in [5.74, 6) is -1.53. The number of aromatic nitrogens is 4. The van der Waals surface area contributed by atoms with Crippen molar-refractivity contribution in [2.24, 2.45) is 5.92 Å². The maximum absolute atomic E-state index is 15.4. The average Bonchev–Trinajstić information content (AvgIpc) is 3.68. The summed E-state index contributed by atoms with van der Waals surface area (Å²) >= 11 is 0. The number of piperazine rings is 1. The number of rotatable bonds is 14. The maximum Gasteiger partial charge on any atom is 0.419 e. The monoisotopic (exact) mass is 884 g/mol. The lowest BCUT2D eigenvalue weighted by Gasteiger charge is -2.40. The molecular weight excluding hydrogens is 833 g/mol. The van der Waals surface area contributed by atoms with Gasteiger partial charge in [-0.2, -0.15) is 22.6 Å². The number of nitrogens with zero attached hydrogens (tertiary/aromatic N) is 8. The van der Waals surface area contributed by atoms with E-state index in [0.29, 0.717) is 31.5 Å². The number of likely N-dealkylation sites (N-methyl/N-ethyl adjacent to an activating group) is 1. The Kier molecular flexibility index (Phi) is 13.3. The Balaban J connectivity index is 0.867. The molecule has 2 aromatic carbocycles. The molecule has 3 N–H and O–H groups in total. The lowest BCUT2D eigenvalue weighted by atomic mass is 9.90. The number of anilines is 3. The molecule has 2 aromatic heterocycles. The van der Waals surface area contributed by atoms with Gasteiger partial charge in [0.25, 0.3) is 0 Å². The van der Waals surface area contributed by atoms with Crippen LogP contribution in [0.5, 0.6) is 0 Å². The zero-order chi connectivity index (χ0) is 44.4. The van der Waals surface area contributed by atoms with Crippen LogP contribution >= 0.6 is 0 Å². The van der Waals surface area contributed by atoms with Crippen LogP contribution in [0.3, 0.4) is 0 Å². The molecule has 334 valence electrons. The van der Waals surface area contributed by atoms with E-state index in [1.165, 1.54) is 54.4 Å². The first-order valence-corrected chi connectivity index (χ1v) is 22.1. The third kappa shape index (κ3) is 10.9. The maximum atomic E-state index is 15.4. The molecule has 2 amide bonds. The van der Waals surface area contributed by atoms with Gasteiger partial charge in [-0.25, -0.2) is 22.8 Å². The fraction of sp³-hybridized carbons (Fsp3) is 0.500. The molecule has 1 atom stereocenters. The molecule has 0 radical (unpaired) electrons. The number of likely N-dealkylation sites (tertiary alicyclic amines) is 1. The van der Waals surface area contributed by atoms with E-state index >= 15 is 4.39 Å². The molecule has 0 spiro atoms. The van der Waals surface area contributed by atoms with Gasteiger partial charge in [-0.15, -0.1) is 0 Å². The van der Waals surface area contributed by atoms with Crippen molar-refractivity contribution in [1.29, 1.82) is 0 Å². The number of halogens is 4. The van der Waals surface area contributed by atoms with Crippen LogP contribution in [0.2, 0.25) is 0 Å². The number of hydrogen-bond acceptors (Lipinski definition) is 12. The van der Waals surface area contributed by atoms with Gasteiger partial charge in [-0.05, 0) is 88.0 Å². The molecule has 7 rings (SSSR count). The Bertz CT molecular complexity index is 2340. The van der Waals surface area contributed by atoms with Gasteiger partial charge in [0.2, 0.25) is 27.8 Å². The van der Waals surface area contributed by atoms with Crippen LogP contribution < -0.4 is 15.5 Å². The van der Waals surface area contributed by atoms with Gasteiger partial charge in [0.15, 0.2) is 0 Å². The van der Waals surface area contributed by atoms with Crippen molar-refractivity contribution in [3.63, 3.8) is 0 Å². The smallest absolute Gasteiger partial charge is 0.389 e. The molecule has 1 unspecified atom stereocenters. The molecule has 0 saturated carbocycles. The van der Waals surface area contributed by atoms with E-state index in [1.807, 2.05) is 12.1 Å². The fourth-order valence-electron chi connectivity index (χ4n) is 8.17. The minimum absolute atomic E-state index is 0.00213. The van der Waals surface area contributed by atoms with E-state index in [2.05, 4.69) is 52.5 Å². The second-order valence-corrected chi connectivity index (χ2v) is 19.0. The number of piperidine rings is 2. The number of amides is 2. The van der Waals surface area contributed by atoms with E-state index in [4.69, 9.17) is 0 Å². The van der Waals surface area contributed by atoms with E-state index in [9.17, 15) is 36.3 Å². The zero-order valence-electron chi connectivity index (χ0n) is 34.9. The number of sulfonamides is 1. The number of carbonyl (C=O) groups excluding carboxylic acids is 2. The first-order chi connectivity index (χ1) is 29.3. The highest BCUT2D eigenvalue weighted by molar-refractivity contribution is 7.89. The lowest BCUT2D eigenvalue weighted by Crippen LogP contribution is -2.49. The van der Waals surface area contributed by atoms with E-state index in [1.54, 1.807) is 0 Å². The standard InChI is InChI=1S/C42H52F4N10O5S/c1-41(2,59)27-56-26-30(23-48-56)38-34(42(44,45)46)24-47-40(51-38)49-36-10-8-32(22-35(36)43)62(60,61)52(3)16-17-53-14-12-28(13-15-53)25-54-18-20-55(21-19-54)31-6-4-29(5-7-31)33-9-11-37(57)50-39(33)58/h4-8,10,22-24,26,28,33,59H,9,11-21,25,27H2,1-3H3,(H,47,49,51)(H,50,57,58). The molecule has 5 heterocycles. The number of aliphatic hydroxyl groups is 1. The quantitative estimate of drug-likeness (QED) is 0.118. The normalized spacial score (nSPS) is 19.0. The Morgan fingerprint density at radius 2 is 1.66 bits per heavy atom. The van der Waals surface area contributed by atoms with Gasteiger partial charge in [-0.1, -0.05) is 12.1 Å². The second kappa shape index (κ2) is 18.4. The first-order valence-electron chi connectivity index (χ1n) is 20.7. The molecule has 62 heavy (non-hydrogen) atoms. The van der Waals surface area contributed by atoms with Crippen LogP contribution in [0.4, 0.5) is 34.9 Å². The summed E-state index contributed by atoms with van der Waals surface area (Å²) in [4.78, 5) is 38.4. The summed E-state index contributed by atoms with van der Waals surface area (Å²) in [6.07, 6.45) is 1.12. The third-order valence-corrected chi connectivity index (χ3v) is 13.5. The Morgan fingerprint density at radius 1 is 0.952 bits per heavy atom. The number of carbonyl (C=O) groups is 2. The van der Waals surface area contributed by atoms with Crippen LogP contribution in [-0.4, -0.2) is 131 Å². The van der Waals surface area contributed by atoms with Gasteiger partial charge < -0.3 is 20.2 Å². The molecule has 3 saturated heterocycles.